The highest BCUT2D eigenvalue weighted by atomic mass is 19.3. The summed E-state index contributed by atoms with van der Waals surface area (Å²) in [5.41, 5.74) is 7.64. The van der Waals surface area contributed by atoms with Gasteiger partial charge in [-0.2, -0.15) is 8.78 Å². The van der Waals surface area contributed by atoms with Gasteiger partial charge in [-0.15, -0.1) is 0 Å². The van der Waals surface area contributed by atoms with Gasteiger partial charge < -0.3 is 24.9 Å². The van der Waals surface area contributed by atoms with Crippen molar-refractivity contribution in [1.29, 1.82) is 0 Å². The van der Waals surface area contributed by atoms with Crippen molar-refractivity contribution in [2.75, 3.05) is 20.2 Å². The Morgan fingerprint density at radius 3 is 2.48 bits per heavy atom. The Hall–Kier alpha value is -3.36. The number of hydrogen-bond donors (Lipinski definition) is 1. The second kappa shape index (κ2) is 11.5. The zero-order valence-electron chi connectivity index (χ0n) is 18.7. The van der Waals surface area contributed by atoms with Gasteiger partial charge >= 0.3 is 6.61 Å². The zero-order chi connectivity index (χ0) is 23.8. The third kappa shape index (κ3) is 6.81. The third-order valence-electron chi connectivity index (χ3n) is 5.63. The van der Waals surface area contributed by atoms with Crippen LogP contribution in [0.1, 0.15) is 30.9 Å². The molecule has 178 valence electrons. The Morgan fingerprint density at radius 2 is 1.85 bits per heavy atom. The zero-order valence-corrected chi connectivity index (χ0v) is 18.7. The van der Waals surface area contributed by atoms with Gasteiger partial charge in [0.1, 0.15) is 0 Å². The number of piperidine rings is 1. The Balaban J connectivity index is 1.52. The molecule has 2 N–H and O–H groups in total. The molecule has 0 saturated carbocycles. The van der Waals surface area contributed by atoms with Gasteiger partial charge in [0, 0.05) is 18.7 Å². The molecule has 1 aliphatic rings. The summed E-state index contributed by atoms with van der Waals surface area (Å²) in [7, 11) is 1.32. The molecular formula is C24H29F2N3O4. The van der Waals surface area contributed by atoms with E-state index in [1.165, 1.54) is 30.9 Å². The SMILES string of the molecule is COc1cc(/C(N)=N/OC(C)C(=O)N2CCC(Cc3ccccc3)CC2)ccc1OC(F)F. The van der Waals surface area contributed by atoms with E-state index < -0.39 is 12.7 Å². The lowest BCUT2D eigenvalue weighted by Gasteiger charge is -2.33. The summed E-state index contributed by atoms with van der Waals surface area (Å²) in [4.78, 5) is 19.9. The number of halogens is 2. The molecule has 1 amide bonds. The number of benzene rings is 2. The number of hydrogen-bond acceptors (Lipinski definition) is 5. The second-order valence-electron chi connectivity index (χ2n) is 7.93. The molecule has 0 radical (unpaired) electrons. The number of carbonyl (C=O) groups is 1. The molecule has 1 atom stereocenters. The molecule has 1 saturated heterocycles. The highest BCUT2D eigenvalue weighted by Gasteiger charge is 2.27. The van der Waals surface area contributed by atoms with Crippen LogP contribution in [0, 0.1) is 5.92 Å². The number of amides is 1. The van der Waals surface area contributed by atoms with Crippen LogP contribution in [0.3, 0.4) is 0 Å². The van der Waals surface area contributed by atoms with Crippen LogP contribution in [0.15, 0.2) is 53.7 Å². The van der Waals surface area contributed by atoms with Gasteiger partial charge in [-0.3, -0.25) is 4.79 Å². The second-order valence-corrected chi connectivity index (χ2v) is 7.93. The van der Waals surface area contributed by atoms with Crippen LogP contribution in [0.5, 0.6) is 11.5 Å². The number of ether oxygens (including phenoxy) is 2. The van der Waals surface area contributed by atoms with Crippen molar-refractivity contribution in [2.24, 2.45) is 16.8 Å². The highest BCUT2D eigenvalue weighted by Crippen LogP contribution is 2.29. The molecule has 3 rings (SSSR count). The normalized spacial score (nSPS) is 15.9. The largest absolute Gasteiger partial charge is 0.493 e. The maximum atomic E-state index is 12.7. The number of amidine groups is 1. The van der Waals surface area contributed by atoms with E-state index in [0.717, 1.165) is 19.3 Å². The molecule has 0 aliphatic carbocycles. The first kappa shape index (κ1) is 24.3. The van der Waals surface area contributed by atoms with E-state index in [-0.39, 0.29) is 23.2 Å². The van der Waals surface area contributed by atoms with Gasteiger partial charge in [0.05, 0.1) is 7.11 Å². The van der Waals surface area contributed by atoms with Crippen LogP contribution in [0.4, 0.5) is 8.78 Å². The van der Waals surface area contributed by atoms with Gasteiger partial charge in [0.2, 0.25) is 6.10 Å². The van der Waals surface area contributed by atoms with Gasteiger partial charge in [-0.05, 0) is 55.9 Å². The van der Waals surface area contributed by atoms with E-state index in [4.69, 9.17) is 15.3 Å². The van der Waals surface area contributed by atoms with Gasteiger partial charge in [-0.25, -0.2) is 0 Å². The van der Waals surface area contributed by atoms with Crippen LogP contribution in [0.2, 0.25) is 0 Å². The maximum Gasteiger partial charge on any atom is 0.387 e. The number of alkyl halides is 2. The molecule has 0 spiro atoms. The Kier molecular flexibility index (Phi) is 8.46. The van der Waals surface area contributed by atoms with Gasteiger partial charge in [0.25, 0.3) is 5.91 Å². The summed E-state index contributed by atoms with van der Waals surface area (Å²) in [5.74, 6) is 0.340. The average Bonchev–Trinajstić information content (AvgIpc) is 2.83. The molecule has 1 fully saturated rings. The number of oxime groups is 1. The van der Waals surface area contributed by atoms with E-state index in [1.54, 1.807) is 11.8 Å². The molecule has 0 aromatic heterocycles. The van der Waals surface area contributed by atoms with Crippen LogP contribution in [-0.2, 0) is 16.1 Å². The monoisotopic (exact) mass is 461 g/mol. The summed E-state index contributed by atoms with van der Waals surface area (Å²) in [5, 5.41) is 3.85. The van der Waals surface area contributed by atoms with E-state index >= 15 is 0 Å². The van der Waals surface area contributed by atoms with Crippen molar-refractivity contribution in [2.45, 2.75) is 38.9 Å². The van der Waals surface area contributed by atoms with Crippen molar-refractivity contribution >= 4 is 11.7 Å². The van der Waals surface area contributed by atoms with E-state index in [1.807, 2.05) is 18.2 Å². The Morgan fingerprint density at radius 1 is 1.15 bits per heavy atom. The molecule has 1 unspecified atom stereocenters. The minimum atomic E-state index is -2.98. The molecule has 7 nitrogen and oxygen atoms in total. The molecule has 1 heterocycles. The van der Waals surface area contributed by atoms with Gasteiger partial charge in [0.15, 0.2) is 17.3 Å². The van der Waals surface area contributed by atoms with Crippen molar-refractivity contribution in [1.82, 2.24) is 4.90 Å². The lowest BCUT2D eigenvalue weighted by molar-refractivity contribution is -0.144. The minimum Gasteiger partial charge on any atom is -0.493 e. The summed E-state index contributed by atoms with van der Waals surface area (Å²) in [6.45, 7) is -0.0118. The number of likely N-dealkylation sites (tertiary alicyclic amines) is 1. The number of carbonyl (C=O) groups excluding carboxylic acids is 1. The number of rotatable bonds is 9. The Labute approximate surface area is 192 Å². The smallest absolute Gasteiger partial charge is 0.387 e. The van der Waals surface area contributed by atoms with Crippen LogP contribution >= 0.6 is 0 Å². The predicted molar refractivity (Wildman–Crippen MR) is 120 cm³/mol. The van der Waals surface area contributed by atoms with E-state index in [2.05, 4.69) is 22.0 Å². The fourth-order valence-electron chi connectivity index (χ4n) is 3.82. The third-order valence-corrected chi connectivity index (χ3v) is 5.63. The topological polar surface area (TPSA) is 86.4 Å². The van der Waals surface area contributed by atoms with Crippen LogP contribution in [-0.4, -0.2) is 49.6 Å². The first-order valence-corrected chi connectivity index (χ1v) is 10.8. The molecule has 2 aromatic carbocycles. The van der Waals surface area contributed by atoms with Crippen LogP contribution < -0.4 is 15.2 Å². The molecule has 2 aromatic rings. The fourth-order valence-corrected chi connectivity index (χ4v) is 3.82. The maximum absolute atomic E-state index is 12.7. The van der Waals surface area contributed by atoms with Gasteiger partial charge in [-0.1, -0.05) is 35.5 Å². The lowest BCUT2D eigenvalue weighted by atomic mass is 9.90. The van der Waals surface area contributed by atoms with Crippen molar-refractivity contribution in [3.05, 3.63) is 59.7 Å². The van der Waals surface area contributed by atoms with E-state index in [9.17, 15) is 13.6 Å². The Bertz CT molecular complexity index is 948. The summed E-state index contributed by atoms with van der Waals surface area (Å²) < 4.78 is 34.4. The highest BCUT2D eigenvalue weighted by molar-refractivity contribution is 5.97. The lowest BCUT2D eigenvalue weighted by Crippen LogP contribution is -2.43. The molecule has 1 aliphatic heterocycles. The summed E-state index contributed by atoms with van der Waals surface area (Å²) >= 11 is 0. The summed E-state index contributed by atoms with van der Waals surface area (Å²) in [6, 6.07) is 14.5. The molecular weight excluding hydrogens is 432 g/mol. The molecule has 0 bridgehead atoms. The number of nitrogens with two attached hydrogens (primary N) is 1. The summed E-state index contributed by atoms with van der Waals surface area (Å²) in [6.07, 6.45) is 2.08. The molecule has 9 heteroatoms. The fraction of sp³-hybridized carbons (Fsp3) is 0.417. The molecule has 33 heavy (non-hydrogen) atoms. The minimum absolute atomic E-state index is 0.0156. The standard InChI is InChI=1S/C24H29F2N3O4/c1-16(23(30)29-12-10-18(11-13-29)14-17-6-4-3-5-7-17)33-28-22(27)19-8-9-20(32-24(25)26)21(15-19)31-2/h3-9,15-16,18,24H,10-14H2,1-2H3,(H2,27,28). The van der Waals surface area contributed by atoms with E-state index in [0.29, 0.717) is 24.6 Å². The van der Waals surface area contributed by atoms with Crippen molar-refractivity contribution in [3.63, 3.8) is 0 Å². The number of nitrogens with zero attached hydrogens (tertiary/aromatic N) is 2. The quantitative estimate of drug-likeness (QED) is 0.349. The first-order chi connectivity index (χ1) is 15.9. The number of methoxy groups -OCH3 is 1. The average molecular weight is 462 g/mol. The van der Waals surface area contributed by atoms with Crippen molar-refractivity contribution < 1.29 is 27.9 Å². The van der Waals surface area contributed by atoms with Crippen molar-refractivity contribution in [3.8, 4) is 11.5 Å². The van der Waals surface area contributed by atoms with Crippen LogP contribution in [0.25, 0.3) is 0 Å². The first-order valence-electron chi connectivity index (χ1n) is 10.8. The predicted octanol–water partition coefficient (Wildman–Crippen LogP) is 3.80.